The molecule has 0 spiro atoms. The van der Waals surface area contributed by atoms with Crippen LogP contribution >= 0.6 is 0 Å². The highest BCUT2D eigenvalue weighted by Crippen LogP contribution is 2.37. The van der Waals surface area contributed by atoms with Crippen LogP contribution in [0.5, 0.6) is 0 Å². The van der Waals surface area contributed by atoms with Crippen LogP contribution in [-0.4, -0.2) is 28.8 Å². The summed E-state index contributed by atoms with van der Waals surface area (Å²) in [6.07, 6.45) is 8.33. The van der Waals surface area contributed by atoms with Crippen LogP contribution in [0.15, 0.2) is 12.4 Å². The third-order valence-corrected chi connectivity index (χ3v) is 4.29. The molecule has 2 heterocycles. The summed E-state index contributed by atoms with van der Waals surface area (Å²) in [5.41, 5.74) is 0.830. The fraction of sp³-hybridized carbons (Fsp3) is 0.714. The molecule has 1 unspecified atom stereocenters. The molecule has 3 rings (SSSR count). The fourth-order valence-electron chi connectivity index (χ4n) is 2.74. The van der Waals surface area contributed by atoms with Gasteiger partial charge in [-0.3, -0.25) is 9.48 Å². The second-order valence-corrected chi connectivity index (χ2v) is 5.81. The normalized spacial score (nSPS) is 22.2. The zero-order valence-electron chi connectivity index (χ0n) is 11.4. The zero-order valence-corrected chi connectivity index (χ0v) is 11.4. The third-order valence-electron chi connectivity index (χ3n) is 4.29. The van der Waals surface area contributed by atoms with Crippen LogP contribution in [0.25, 0.3) is 0 Å². The Kier molecular flexibility index (Phi) is 3.55. The van der Waals surface area contributed by atoms with Crippen LogP contribution in [0.1, 0.15) is 38.6 Å². The first-order valence-electron chi connectivity index (χ1n) is 7.30. The van der Waals surface area contributed by atoms with E-state index in [2.05, 4.69) is 15.7 Å². The summed E-state index contributed by atoms with van der Waals surface area (Å²) in [5.74, 6) is 0.856. The van der Waals surface area contributed by atoms with E-state index in [0.29, 0.717) is 12.0 Å². The van der Waals surface area contributed by atoms with Gasteiger partial charge in [0.2, 0.25) is 5.91 Å². The molecule has 1 aliphatic carbocycles. The molecule has 0 bridgehead atoms. The van der Waals surface area contributed by atoms with Crippen LogP contribution < -0.4 is 10.6 Å². The van der Waals surface area contributed by atoms with Crippen molar-refractivity contribution in [2.75, 3.05) is 18.4 Å². The van der Waals surface area contributed by atoms with Gasteiger partial charge in [-0.2, -0.15) is 5.10 Å². The lowest BCUT2D eigenvalue weighted by Gasteiger charge is -2.22. The molecule has 2 N–H and O–H groups in total. The molecule has 2 fully saturated rings. The summed E-state index contributed by atoms with van der Waals surface area (Å²) in [5, 5.41) is 10.7. The van der Waals surface area contributed by atoms with Gasteiger partial charge in [-0.1, -0.05) is 6.92 Å². The molecule has 0 aromatic carbocycles. The molecule has 1 saturated heterocycles. The summed E-state index contributed by atoms with van der Waals surface area (Å²) in [6, 6.07) is 0.466. The van der Waals surface area contributed by atoms with E-state index in [1.807, 2.05) is 17.8 Å². The first-order valence-corrected chi connectivity index (χ1v) is 7.30. The van der Waals surface area contributed by atoms with Gasteiger partial charge in [0.15, 0.2) is 0 Å². The van der Waals surface area contributed by atoms with Gasteiger partial charge in [0.05, 0.1) is 17.9 Å². The number of nitrogens with zero attached hydrogens (tertiary/aromatic N) is 2. The molecule has 1 aliphatic heterocycles. The molecule has 5 nitrogen and oxygen atoms in total. The quantitative estimate of drug-likeness (QED) is 0.869. The predicted octanol–water partition coefficient (Wildman–Crippen LogP) is 1.79. The third kappa shape index (κ3) is 2.97. The van der Waals surface area contributed by atoms with Crippen LogP contribution in [0, 0.1) is 11.8 Å². The average molecular weight is 262 g/mol. The number of amides is 1. The molecular weight excluding hydrogens is 240 g/mol. The predicted molar refractivity (Wildman–Crippen MR) is 73.9 cm³/mol. The van der Waals surface area contributed by atoms with E-state index < -0.39 is 0 Å². The van der Waals surface area contributed by atoms with E-state index in [-0.39, 0.29) is 11.8 Å². The smallest absolute Gasteiger partial charge is 0.227 e. The molecule has 104 valence electrons. The number of rotatable bonds is 4. The lowest BCUT2D eigenvalue weighted by molar-refractivity contribution is -0.119. The van der Waals surface area contributed by atoms with Crippen molar-refractivity contribution in [3.05, 3.63) is 12.4 Å². The molecule has 2 aliphatic rings. The van der Waals surface area contributed by atoms with Crippen molar-refractivity contribution in [2.24, 2.45) is 11.8 Å². The van der Waals surface area contributed by atoms with Crippen LogP contribution in [-0.2, 0) is 4.79 Å². The molecule has 1 aromatic rings. The van der Waals surface area contributed by atoms with E-state index in [1.54, 1.807) is 6.20 Å². The van der Waals surface area contributed by atoms with Crippen molar-refractivity contribution < 1.29 is 4.79 Å². The number of hydrogen-bond acceptors (Lipinski definition) is 3. The van der Waals surface area contributed by atoms with Crippen LogP contribution in [0.4, 0.5) is 5.69 Å². The molecule has 1 amide bonds. The van der Waals surface area contributed by atoms with Gasteiger partial charge in [-0.25, -0.2) is 0 Å². The SMILES string of the molecule is CC(C(=O)Nc1cnn(C2CCNCC2)c1)C1CC1. The van der Waals surface area contributed by atoms with E-state index in [4.69, 9.17) is 0 Å². The van der Waals surface area contributed by atoms with Crippen molar-refractivity contribution in [2.45, 2.75) is 38.6 Å². The number of nitrogens with one attached hydrogen (secondary N) is 2. The first-order chi connectivity index (χ1) is 9.24. The minimum atomic E-state index is 0.127. The Morgan fingerprint density at radius 2 is 2.16 bits per heavy atom. The largest absolute Gasteiger partial charge is 0.323 e. The van der Waals surface area contributed by atoms with Crippen molar-refractivity contribution in [3.8, 4) is 0 Å². The molecule has 0 radical (unpaired) electrons. The second-order valence-electron chi connectivity index (χ2n) is 5.81. The van der Waals surface area contributed by atoms with Crippen molar-refractivity contribution in [3.63, 3.8) is 0 Å². The van der Waals surface area contributed by atoms with E-state index in [1.165, 1.54) is 12.8 Å². The summed E-state index contributed by atoms with van der Waals surface area (Å²) < 4.78 is 2.00. The molecule has 19 heavy (non-hydrogen) atoms. The molecular formula is C14H22N4O. The monoisotopic (exact) mass is 262 g/mol. The Labute approximate surface area is 113 Å². The number of hydrogen-bond donors (Lipinski definition) is 2. The van der Waals surface area contributed by atoms with Gasteiger partial charge in [-0.15, -0.1) is 0 Å². The second kappa shape index (κ2) is 5.33. The van der Waals surface area contributed by atoms with Crippen molar-refractivity contribution in [1.29, 1.82) is 0 Å². The number of aromatic nitrogens is 2. The highest BCUT2D eigenvalue weighted by molar-refractivity contribution is 5.92. The fourth-order valence-corrected chi connectivity index (χ4v) is 2.74. The lowest BCUT2D eigenvalue weighted by atomic mass is 10.1. The summed E-state index contributed by atoms with van der Waals surface area (Å²) in [6.45, 7) is 4.11. The van der Waals surface area contributed by atoms with Crippen molar-refractivity contribution in [1.82, 2.24) is 15.1 Å². The standard InChI is InChI=1S/C14H22N4O/c1-10(11-2-3-11)14(19)17-12-8-16-18(9-12)13-4-6-15-7-5-13/h8-11,13,15H,2-7H2,1H3,(H,17,19). The number of anilines is 1. The van der Waals surface area contributed by atoms with Gasteiger partial charge in [0.25, 0.3) is 0 Å². The topological polar surface area (TPSA) is 59.0 Å². The highest BCUT2D eigenvalue weighted by atomic mass is 16.1. The first kappa shape index (κ1) is 12.7. The maximum absolute atomic E-state index is 12.0. The zero-order chi connectivity index (χ0) is 13.2. The Balaban J connectivity index is 1.59. The number of carbonyl (C=O) groups excluding carboxylic acids is 1. The maximum atomic E-state index is 12.0. The van der Waals surface area contributed by atoms with E-state index in [9.17, 15) is 4.79 Å². The van der Waals surface area contributed by atoms with Gasteiger partial charge < -0.3 is 10.6 Å². The minimum Gasteiger partial charge on any atom is -0.323 e. The lowest BCUT2D eigenvalue weighted by Crippen LogP contribution is -2.29. The summed E-state index contributed by atoms with van der Waals surface area (Å²) in [7, 11) is 0. The van der Waals surface area contributed by atoms with Gasteiger partial charge >= 0.3 is 0 Å². The van der Waals surface area contributed by atoms with E-state index in [0.717, 1.165) is 31.6 Å². The maximum Gasteiger partial charge on any atom is 0.227 e. The Morgan fingerprint density at radius 1 is 1.42 bits per heavy atom. The van der Waals surface area contributed by atoms with Gasteiger partial charge in [-0.05, 0) is 44.7 Å². The highest BCUT2D eigenvalue weighted by Gasteiger charge is 2.32. The molecule has 1 saturated carbocycles. The Morgan fingerprint density at radius 3 is 2.84 bits per heavy atom. The Hall–Kier alpha value is -1.36. The van der Waals surface area contributed by atoms with Crippen LogP contribution in [0.2, 0.25) is 0 Å². The average Bonchev–Trinajstić information content (AvgIpc) is 3.19. The number of carbonyl (C=O) groups is 1. The van der Waals surface area contributed by atoms with Gasteiger partial charge in [0.1, 0.15) is 0 Å². The van der Waals surface area contributed by atoms with Crippen molar-refractivity contribution >= 4 is 11.6 Å². The molecule has 1 aromatic heterocycles. The molecule has 1 atom stereocenters. The number of piperidine rings is 1. The van der Waals surface area contributed by atoms with Crippen LogP contribution in [0.3, 0.4) is 0 Å². The summed E-state index contributed by atoms with van der Waals surface area (Å²) >= 11 is 0. The summed E-state index contributed by atoms with van der Waals surface area (Å²) in [4.78, 5) is 12.0. The van der Waals surface area contributed by atoms with Gasteiger partial charge in [0, 0.05) is 12.1 Å². The van der Waals surface area contributed by atoms with E-state index >= 15 is 0 Å². The molecule has 5 heteroatoms. The Bertz CT molecular complexity index is 446. The minimum absolute atomic E-state index is 0.127.